The van der Waals surface area contributed by atoms with E-state index < -0.39 is 0 Å². The molecule has 0 fully saturated rings. The van der Waals surface area contributed by atoms with Crippen LogP contribution in [0.1, 0.15) is 20.8 Å². The first kappa shape index (κ1) is 41.4. The zero-order valence-electron chi connectivity index (χ0n) is 31.9. The standard InChI is InChI=1S/C14H11Cl2N5O.2C12H11N5OS/c1-2-22-13-11-12(20-14(17)21-13)18-6-10(19-11)7-3-4-8(15)9(16)5-7;1-2-18-11-9-10(16-12(13)17-11)14-5-8(15-9)7-3-4-19-6-7;1-2-18-11-9-10(16-12(13)17-11)14-6-7(15-9)8-4-3-5-19-8/h3-6H,2H2,1H3,(H2,17,18,20,21);2*3-6H,2H2,1H3,(H2,13,14,16,17). The third-order valence-corrected chi connectivity index (χ3v) is 10.1. The number of hydrogen-bond donors (Lipinski definition) is 3. The highest BCUT2D eigenvalue weighted by Gasteiger charge is 2.15. The van der Waals surface area contributed by atoms with Gasteiger partial charge in [-0.1, -0.05) is 35.3 Å². The molecule has 0 saturated carbocycles. The molecule has 0 radical (unpaired) electrons. The predicted octanol–water partition coefficient (Wildman–Crippen LogP) is 7.63. The van der Waals surface area contributed by atoms with E-state index in [0.29, 0.717) is 86.7 Å². The van der Waals surface area contributed by atoms with Crippen molar-refractivity contribution in [3.8, 4) is 50.7 Å². The Balaban J connectivity index is 0.000000137. The number of aromatic nitrogens is 12. The normalized spacial score (nSPS) is 10.8. The summed E-state index contributed by atoms with van der Waals surface area (Å²) in [6, 6.07) is 11.2. The SMILES string of the molecule is CCOc1nc(N)nc2ncc(-c3ccc(Cl)c(Cl)c3)nc12.CCOc1nc(N)nc2ncc(-c3cccs3)nc12.CCOc1nc(N)nc2ncc(-c3ccsc3)nc12. The molecule has 1 aromatic carbocycles. The summed E-state index contributed by atoms with van der Waals surface area (Å²) in [5, 5.41) is 6.91. The Hall–Kier alpha value is -6.74. The molecule has 0 aliphatic rings. The minimum Gasteiger partial charge on any atom is -0.476 e. The molecule has 0 aliphatic heterocycles. The third-order valence-electron chi connectivity index (χ3n) is 7.83. The third kappa shape index (κ3) is 9.58. The van der Waals surface area contributed by atoms with Crippen LogP contribution < -0.4 is 31.4 Å². The van der Waals surface area contributed by atoms with Crippen LogP contribution in [0.25, 0.3) is 66.6 Å². The second kappa shape index (κ2) is 18.9. The summed E-state index contributed by atoms with van der Waals surface area (Å²) in [5.74, 6) is 1.40. The molecule has 8 heterocycles. The maximum atomic E-state index is 6.04. The zero-order chi connectivity index (χ0) is 42.2. The number of anilines is 3. The van der Waals surface area contributed by atoms with Crippen molar-refractivity contribution in [3.63, 3.8) is 0 Å². The summed E-state index contributed by atoms with van der Waals surface area (Å²) in [6.45, 7) is 7.00. The molecule has 0 amide bonds. The molecule has 0 bridgehead atoms. The van der Waals surface area contributed by atoms with E-state index in [1.807, 2.05) is 61.2 Å². The molecule has 0 unspecified atom stereocenters. The molecule has 9 aromatic rings. The van der Waals surface area contributed by atoms with Crippen molar-refractivity contribution in [3.05, 3.63) is 81.2 Å². The topological polar surface area (TPSA) is 260 Å². The number of fused-ring (bicyclic) bond motifs is 3. The molecule has 0 aliphatic carbocycles. The minimum absolute atomic E-state index is 0.0903. The average molecular weight is 883 g/mol. The van der Waals surface area contributed by atoms with Crippen LogP contribution in [0, 0.1) is 0 Å². The molecule has 0 saturated heterocycles. The lowest BCUT2D eigenvalue weighted by Crippen LogP contribution is -2.04. The smallest absolute Gasteiger partial charge is 0.247 e. The summed E-state index contributed by atoms with van der Waals surface area (Å²) >= 11 is 15.2. The number of hydrogen-bond acceptors (Lipinski definition) is 20. The summed E-state index contributed by atoms with van der Waals surface area (Å²) in [4.78, 5) is 51.7. The van der Waals surface area contributed by atoms with Crippen molar-refractivity contribution >= 4 is 97.2 Å². The van der Waals surface area contributed by atoms with Crippen molar-refractivity contribution in [1.29, 1.82) is 0 Å². The zero-order valence-corrected chi connectivity index (χ0v) is 35.1. The number of ether oxygens (including phenoxy) is 3. The first-order valence-electron chi connectivity index (χ1n) is 17.9. The number of nitrogens with zero attached hydrogens (tertiary/aromatic N) is 12. The van der Waals surface area contributed by atoms with E-state index in [1.165, 1.54) is 0 Å². The van der Waals surface area contributed by atoms with E-state index in [2.05, 4.69) is 59.8 Å². The fraction of sp³-hybridized carbons (Fsp3) is 0.158. The quantitative estimate of drug-likeness (QED) is 0.126. The molecule has 6 N–H and O–H groups in total. The predicted molar refractivity (Wildman–Crippen MR) is 234 cm³/mol. The average Bonchev–Trinajstić information content (AvgIpc) is 3.99. The van der Waals surface area contributed by atoms with E-state index >= 15 is 0 Å². The Bertz CT molecular complexity index is 2780. The van der Waals surface area contributed by atoms with Gasteiger partial charge >= 0.3 is 0 Å². The van der Waals surface area contributed by atoms with Gasteiger partial charge in [-0.05, 0) is 55.8 Å². The van der Waals surface area contributed by atoms with Gasteiger partial charge in [0.1, 0.15) is 0 Å². The highest BCUT2D eigenvalue weighted by atomic mass is 35.5. The summed E-state index contributed by atoms with van der Waals surface area (Å²) in [6.07, 6.45) is 4.94. The molecular formula is C38H33Cl2N15O3S2. The van der Waals surface area contributed by atoms with E-state index in [1.54, 1.807) is 53.4 Å². The van der Waals surface area contributed by atoms with Gasteiger partial charge in [0.05, 0.1) is 70.4 Å². The lowest BCUT2D eigenvalue weighted by atomic mass is 10.1. The van der Waals surface area contributed by atoms with Gasteiger partial charge in [-0.15, -0.1) is 11.3 Å². The molecule has 9 rings (SSSR count). The highest BCUT2D eigenvalue weighted by Crippen LogP contribution is 2.30. The Morgan fingerprint density at radius 1 is 0.533 bits per heavy atom. The van der Waals surface area contributed by atoms with Gasteiger partial charge in [-0.3, -0.25) is 0 Å². The number of nitrogen functional groups attached to an aromatic ring is 3. The fourth-order valence-corrected chi connectivity index (χ4v) is 6.92. The van der Waals surface area contributed by atoms with Crippen molar-refractivity contribution in [2.45, 2.75) is 20.8 Å². The first-order valence-corrected chi connectivity index (χ1v) is 20.5. The minimum atomic E-state index is 0.0903. The number of thiophene rings is 2. The fourth-order valence-electron chi connectivity index (χ4n) is 5.29. The summed E-state index contributed by atoms with van der Waals surface area (Å²) in [5.41, 5.74) is 23.6. The van der Waals surface area contributed by atoms with Crippen LogP contribution in [0.3, 0.4) is 0 Å². The van der Waals surface area contributed by atoms with E-state index in [4.69, 9.17) is 54.6 Å². The largest absolute Gasteiger partial charge is 0.476 e. The van der Waals surface area contributed by atoms with Crippen LogP contribution >= 0.6 is 45.9 Å². The molecule has 0 atom stereocenters. The van der Waals surface area contributed by atoms with Gasteiger partial charge in [0, 0.05) is 16.5 Å². The maximum Gasteiger partial charge on any atom is 0.247 e. The molecular weight excluding hydrogens is 850 g/mol. The molecule has 60 heavy (non-hydrogen) atoms. The van der Waals surface area contributed by atoms with E-state index in [-0.39, 0.29) is 17.8 Å². The Labute approximate surface area is 359 Å². The lowest BCUT2D eigenvalue weighted by molar-refractivity contribution is 0.330. The second-order valence-corrected chi connectivity index (χ2v) is 14.4. The number of nitrogens with two attached hydrogens (primary N) is 3. The van der Waals surface area contributed by atoms with Gasteiger partial charge in [-0.2, -0.15) is 41.2 Å². The van der Waals surface area contributed by atoms with Gasteiger partial charge in [0.15, 0.2) is 33.5 Å². The van der Waals surface area contributed by atoms with Gasteiger partial charge in [0.25, 0.3) is 0 Å². The van der Waals surface area contributed by atoms with Gasteiger partial charge in [0.2, 0.25) is 35.5 Å². The molecule has 304 valence electrons. The van der Waals surface area contributed by atoms with Gasteiger partial charge < -0.3 is 31.4 Å². The maximum absolute atomic E-state index is 6.04. The van der Waals surface area contributed by atoms with Crippen LogP contribution in [0.2, 0.25) is 10.0 Å². The van der Waals surface area contributed by atoms with E-state index in [9.17, 15) is 0 Å². The monoisotopic (exact) mass is 881 g/mol. The number of benzene rings is 1. The van der Waals surface area contributed by atoms with Crippen LogP contribution in [-0.4, -0.2) is 79.6 Å². The van der Waals surface area contributed by atoms with Crippen molar-refractivity contribution in [1.82, 2.24) is 59.8 Å². The second-order valence-electron chi connectivity index (χ2n) is 11.9. The summed E-state index contributed by atoms with van der Waals surface area (Å²) in [7, 11) is 0. The van der Waals surface area contributed by atoms with Crippen LogP contribution in [0.4, 0.5) is 17.8 Å². The number of rotatable bonds is 9. The Morgan fingerprint density at radius 3 is 1.45 bits per heavy atom. The first-order chi connectivity index (χ1) is 29.1. The Kier molecular flexibility index (Phi) is 13.0. The highest BCUT2D eigenvalue weighted by molar-refractivity contribution is 7.13. The number of halogens is 2. The lowest BCUT2D eigenvalue weighted by Gasteiger charge is -2.08. The van der Waals surface area contributed by atoms with Crippen molar-refractivity contribution in [2.24, 2.45) is 0 Å². The Morgan fingerprint density at radius 2 is 1.02 bits per heavy atom. The summed E-state index contributed by atoms with van der Waals surface area (Å²) < 4.78 is 16.3. The van der Waals surface area contributed by atoms with Crippen LogP contribution in [0.15, 0.2) is 71.1 Å². The van der Waals surface area contributed by atoms with Crippen molar-refractivity contribution < 1.29 is 14.2 Å². The van der Waals surface area contributed by atoms with E-state index in [0.717, 1.165) is 27.4 Å². The van der Waals surface area contributed by atoms with Crippen LogP contribution in [-0.2, 0) is 0 Å². The molecule has 22 heteroatoms. The molecule has 18 nitrogen and oxygen atoms in total. The van der Waals surface area contributed by atoms with Crippen molar-refractivity contribution in [2.75, 3.05) is 37.0 Å². The molecule has 8 aromatic heterocycles. The van der Waals surface area contributed by atoms with Gasteiger partial charge in [-0.25, -0.2) is 29.9 Å². The molecule has 0 spiro atoms. The van der Waals surface area contributed by atoms with Crippen LogP contribution in [0.5, 0.6) is 17.6 Å².